The number of hydrogen-bond donors (Lipinski definition) is 1. The van der Waals surface area contributed by atoms with Crippen LogP contribution in [0.3, 0.4) is 0 Å². The number of hydrogen-bond acceptors (Lipinski definition) is 4. The standard InChI is InChI=1S/C13H18N4O/c1-10(2)16-5-7-17(8-6-16)12-4-3-11(9-15-12)13(14)18/h3-4,9H,1,5-8H2,2H3,(H2,14,18). The molecule has 0 aromatic carbocycles. The summed E-state index contributed by atoms with van der Waals surface area (Å²) in [5, 5.41) is 0. The van der Waals surface area contributed by atoms with Gasteiger partial charge in [0.25, 0.3) is 0 Å². The Morgan fingerprint density at radius 1 is 1.33 bits per heavy atom. The summed E-state index contributed by atoms with van der Waals surface area (Å²) in [4.78, 5) is 19.7. The van der Waals surface area contributed by atoms with E-state index in [9.17, 15) is 4.79 Å². The van der Waals surface area contributed by atoms with Crippen molar-refractivity contribution in [3.63, 3.8) is 0 Å². The number of nitrogens with zero attached hydrogens (tertiary/aromatic N) is 3. The molecule has 0 saturated carbocycles. The Morgan fingerprint density at radius 3 is 2.44 bits per heavy atom. The minimum Gasteiger partial charge on any atom is -0.372 e. The lowest BCUT2D eigenvalue weighted by Gasteiger charge is -2.36. The fraction of sp³-hybridized carbons (Fsp3) is 0.385. The van der Waals surface area contributed by atoms with Crippen molar-refractivity contribution in [3.05, 3.63) is 36.2 Å². The number of nitrogens with two attached hydrogens (primary N) is 1. The van der Waals surface area contributed by atoms with Crippen molar-refractivity contribution in [1.29, 1.82) is 0 Å². The van der Waals surface area contributed by atoms with Crippen LogP contribution in [0.4, 0.5) is 5.82 Å². The largest absolute Gasteiger partial charge is 0.372 e. The molecule has 2 heterocycles. The SMILES string of the molecule is C=C(C)N1CCN(c2ccc(C(N)=O)cn2)CC1. The molecule has 0 spiro atoms. The van der Waals surface area contributed by atoms with Gasteiger partial charge >= 0.3 is 0 Å². The summed E-state index contributed by atoms with van der Waals surface area (Å²) >= 11 is 0. The van der Waals surface area contributed by atoms with E-state index in [4.69, 9.17) is 5.73 Å². The van der Waals surface area contributed by atoms with Crippen molar-refractivity contribution >= 4 is 11.7 Å². The second kappa shape index (κ2) is 5.08. The number of piperazine rings is 1. The van der Waals surface area contributed by atoms with Gasteiger partial charge in [0.05, 0.1) is 5.56 Å². The van der Waals surface area contributed by atoms with E-state index in [2.05, 4.69) is 21.4 Å². The fourth-order valence-corrected chi connectivity index (χ4v) is 2.04. The van der Waals surface area contributed by atoms with E-state index < -0.39 is 5.91 Å². The predicted molar refractivity (Wildman–Crippen MR) is 71.4 cm³/mol. The molecule has 2 rings (SSSR count). The van der Waals surface area contributed by atoms with Gasteiger partial charge in [0, 0.05) is 38.1 Å². The van der Waals surface area contributed by atoms with Crippen LogP contribution in [0.15, 0.2) is 30.6 Å². The van der Waals surface area contributed by atoms with Crippen LogP contribution in [0.5, 0.6) is 0 Å². The number of amides is 1. The lowest BCUT2D eigenvalue weighted by Crippen LogP contribution is -2.45. The number of allylic oxidation sites excluding steroid dienone is 1. The van der Waals surface area contributed by atoms with Crippen LogP contribution in [0.1, 0.15) is 17.3 Å². The summed E-state index contributed by atoms with van der Waals surface area (Å²) in [6.45, 7) is 9.70. The van der Waals surface area contributed by atoms with E-state index in [-0.39, 0.29) is 0 Å². The van der Waals surface area contributed by atoms with Crippen LogP contribution in [0.2, 0.25) is 0 Å². The highest BCUT2D eigenvalue weighted by molar-refractivity contribution is 5.92. The molecular formula is C13H18N4O. The first-order valence-electron chi connectivity index (χ1n) is 5.99. The number of primary amides is 1. The van der Waals surface area contributed by atoms with Crippen molar-refractivity contribution in [1.82, 2.24) is 9.88 Å². The van der Waals surface area contributed by atoms with E-state index in [1.807, 2.05) is 13.0 Å². The molecule has 0 atom stereocenters. The third kappa shape index (κ3) is 2.61. The van der Waals surface area contributed by atoms with Gasteiger partial charge in [0.15, 0.2) is 0 Å². The molecule has 1 amide bonds. The van der Waals surface area contributed by atoms with Crippen LogP contribution in [-0.4, -0.2) is 42.0 Å². The molecule has 96 valence electrons. The van der Waals surface area contributed by atoms with Crippen molar-refractivity contribution < 1.29 is 4.79 Å². The van der Waals surface area contributed by atoms with Gasteiger partial charge in [-0.15, -0.1) is 0 Å². The van der Waals surface area contributed by atoms with Gasteiger partial charge in [-0.3, -0.25) is 4.79 Å². The first-order valence-corrected chi connectivity index (χ1v) is 5.99. The van der Waals surface area contributed by atoms with Crippen LogP contribution < -0.4 is 10.6 Å². The van der Waals surface area contributed by atoms with Crippen molar-refractivity contribution in [2.75, 3.05) is 31.1 Å². The molecule has 0 radical (unpaired) electrons. The lowest BCUT2D eigenvalue weighted by molar-refractivity contribution is 0.1000. The number of carbonyl (C=O) groups excluding carboxylic acids is 1. The molecule has 0 bridgehead atoms. The van der Waals surface area contributed by atoms with Gasteiger partial charge in [-0.2, -0.15) is 0 Å². The quantitative estimate of drug-likeness (QED) is 0.858. The summed E-state index contributed by atoms with van der Waals surface area (Å²) in [6, 6.07) is 3.56. The smallest absolute Gasteiger partial charge is 0.250 e. The highest BCUT2D eigenvalue weighted by Gasteiger charge is 2.17. The van der Waals surface area contributed by atoms with E-state index in [0.717, 1.165) is 37.7 Å². The highest BCUT2D eigenvalue weighted by atomic mass is 16.1. The third-order valence-corrected chi connectivity index (χ3v) is 3.18. The molecule has 18 heavy (non-hydrogen) atoms. The molecule has 5 heteroatoms. The van der Waals surface area contributed by atoms with Crippen LogP contribution >= 0.6 is 0 Å². The Labute approximate surface area is 107 Å². The van der Waals surface area contributed by atoms with Gasteiger partial charge in [-0.05, 0) is 19.1 Å². The highest BCUT2D eigenvalue weighted by Crippen LogP contribution is 2.15. The topological polar surface area (TPSA) is 62.5 Å². The van der Waals surface area contributed by atoms with Gasteiger partial charge in [-0.1, -0.05) is 6.58 Å². The van der Waals surface area contributed by atoms with E-state index >= 15 is 0 Å². The molecule has 1 aromatic rings. The number of rotatable bonds is 3. The zero-order valence-electron chi connectivity index (χ0n) is 10.6. The Morgan fingerprint density at radius 2 is 2.00 bits per heavy atom. The summed E-state index contributed by atoms with van der Waals surface area (Å²) in [6.07, 6.45) is 1.53. The lowest BCUT2D eigenvalue weighted by atomic mass is 10.2. The second-order valence-electron chi connectivity index (χ2n) is 4.48. The van der Waals surface area contributed by atoms with Gasteiger partial charge in [-0.25, -0.2) is 4.98 Å². The Balaban J connectivity index is 2.01. The van der Waals surface area contributed by atoms with E-state index in [1.165, 1.54) is 6.20 Å². The van der Waals surface area contributed by atoms with Crippen molar-refractivity contribution in [3.8, 4) is 0 Å². The number of aromatic nitrogens is 1. The molecule has 1 aromatic heterocycles. The minimum absolute atomic E-state index is 0.443. The van der Waals surface area contributed by atoms with Crippen molar-refractivity contribution in [2.45, 2.75) is 6.92 Å². The Hall–Kier alpha value is -2.04. The number of anilines is 1. The Kier molecular flexibility index (Phi) is 3.50. The first kappa shape index (κ1) is 12.4. The molecular weight excluding hydrogens is 228 g/mol. The monoisotopic (exact) mass is 246 g/mol. The van der Waals surface area contributed by atoms with Crippen LogP contribution in [0, 0.1) is 0 Å². The molecule has 1 aliphatic heterocycles. The summed E-state index contributed by atoms with van der Waals surface area (Å²) in [7, 11) is 0. The second-order valence-corrected chi connectivity index (χ2v) is 4.48. The molecule has 1 saturated heterocycles. The summed E-state index contributed by atoms with van der Waals surface area (Å²) < 4.78 is 0. The predicted octanol–water partition coefficient (Wildman–Crippen LogP) is 0.836. The molecule has 0 aliphatic carbocycles. The maximum atomic E-state index is 11.0. The molecule has 1 aliphatic rings. The molecule has 1 fully saturated rings. The average molecular weight is 246 g/mol. The maximum absolute atomic E-state index is 11.0. The maximum Gasteiger partial charge on any atom is 0.250 e. The molecule has 0 unspecified atom stereocenters. The molecule has 2 N–H and O–H groups in total. The molecule has 5 nitrogen and oxygen atoms in total. The number of carbonyl (C=O) groups is 1. The van der Waals surface area contributed by atoms with Crippen LogP contribution in [0.25, 0.3) is 0 Å². The van der Waals surface area contributed by atoms with Gasteiger partial charge in [0.2, 0.25) is 5.91 Å². The Bertz CT molecular complexity index is 447. The normalized spacial score (nSPS) is 15.6. The number of pyridine rings is 1. The summed E-state index contributed by atoms with van der Waals surface area (Å²) in [5.41, 5.74) is 6.73. The van der Waals surface area contributed by atoms with E-state index in [1.54, 1.807) is 6.07 Å². The fourth-order valence-electron chi connectivity index (χ4n) is 2.04. The third-order valence-electron chi connectivity index (χ3n) is 3.18. The zero-order chi connectivity index (χ0) is 13.1. The van der Waals surface area contributed by atoms with Crippen LogP contribution in [-0.2, 0) is 0 Å². The van der Waals surface area contributed by atoms with E-state index in [0.29, 0.717) is 5.56 Å². The minimum atomic E-state index is -0.443. The zero-order valence-corrected chi connectivity index (χ0v) is 10.6. The van der Waals surface area contributed by atoms with Crippen molar-refractivity contribution in [2.24, 2.45) is 5.73 Å². The summed E-state index contributed by atoms with van der Waals surface area (Å²) in [5.74, 6) is 0.447. The first-order chi connectivity index (χ1) is 8.58. The average Bonchev–Trinajstić information content (AvgIpc) is 2.39. The van der Waals surface area contributed by atoms with Gasteiger partial charge < -0.3 is 15.5 Å². The van der Waals surface area contributed by atoms with Gasteiger partial charge in [0.1, 0.15) is 5.82 Å².